The van der Waals surface area contributed by atoms with E-state index < -0.39 is 0 Å². The van der Waals surface area contributed by atoms with Crippen molar-refractivity contribution in [1.82, 2.24) is 0 Å². The Morgan fingerprint density at radius 1 is 0.649 bits per heavy atom. The lowest BCUT2D eigenvalue weighted by Crippen LogP contribution is -2.23. The number of hydrogen-bond donors (Lipinski definition) is 0. The second-order valence-corrected chi connectivity index (χ2v) is 15.7. The van der Waals surface area contributed by atoms with Crippen LogP contribution < -0.4 is 0 Å². The molecule has 2 aliphatic rings. The van der Waals surface area contributed by atoms with Crippen molar-refractivity contribution in [3.8, 4) is 11.1 Å². The van der Waals surface area contributed by atoms with E-state index in [1.165, 1.54) is 114 Å². The maximum absolute atomic E-state index is 6.37. The van der Waals surface area contributed by atoms with Crippen LogP contribution in [0.5, 0.6) is 0 Å². The first-order valence-electron chi connectivity index (χ1n) is 23.2. The number of benzene rings is 4. The van der Waals surface area contributed by atoms with E-state index in [1.807, 2.05) is 27.7 Å². The minimum atomic E-state index is 0.464. The van der Waals surface area contributed by atoms with E-state index in [4.69, 9.17) is 4.42 Å². The van der Waals surface area contributed by atoms with E-state index in [9.17, 15) is 0 Å². The monoisotopic (exact) mass is 771 g/mol. The molecule has 0 radical (unpaired) electrons. The zero-order chi connectivity index (χ0) is 42.3. The van der Waals surface area contributed by atoms with Gasteiger partial charge in [-0.2, -0.15) is 0 Å². The average molecular weight is 771 g/mol. The SMILES string of the molecule is CC.CC.CCC.CCC.CCC(C)c1ccccc1-c1ccccc1C.CCCC1C(C2CCCCC2)=CC=CC1c1cc2oc3c(C)cccc3c2cc1C. The van der Waals surface area contributed by atoms with Gasteiger partial charge in [-0.1, -0.05) is 205 Å². The minimum Gasteiger partial charge on any atom is -0.456 e. The third kappa shape index (κ3) is 13.3. The smallest absolute Gasteiger partial charge is 0.138 e. The Morgan fingerprint density at radius 2 is 1.25 bits per heavy atom. The summed E-state index contributed by atoms with van der Waals surface area (Å²) in [6, 6.07) is 28.6. The van der Waals surface area contributed by atoms with Gasteiger partial charge in [-0.05, 0) is 115 Å². The minimum absolute atomic E-state index is 0.464. The fourth-order valence-corrected chi connectivity index (χ4v) is 8.34. The van der Waals surface area contributed by atoms with Gasteiger partial charge >= 0.3 is 0 Å². The number of hydrogen-bond acceptors (Lipinski definition) is 1. The summed E-state index contributed by atoms with van der Waals surface area (Å²) in [5.74, 6) is 2.50. The molecule has 0 N–H and O–H groups in total. The molecular formula is C56H82O. The Morgan fingerprint density at radius 3 is 1.86 bits per heavy atom. The van der Waals surface area contributed by atoms with E-state index in [1.54, 1.807) is 5.57 Å². The normalized spacial score (nSPS) is 16.5. The zero-order valence-electron chi connectivity index (χ0n) is 39.0. The number of para-hydroxylation sites is 1. The highest BCUT2D eigenvalue weighted by molar-refractivity contribution is 6.06. The second-order valence-electron chi connectivity index (χ2n) is 15.7. The van der Waals surface area contributed by atoms with Gasteiger partial charge in [-0.25, -0.2) is 0 Å². The summed E-state index contributed by atoms with van der Waals surface area (Å²) in [5, 5.41) is 2.50. The van der Waals surface area contributed by atoms with E-state index >= 15 is 0 Å². The lowest BCUT2D eigenvalue weighted by Gasteiger charge is -2.36. The van der Waals surface area contributed by atoms with Gasteiger partial charge in [0.2, 0.25) is 0 Å². The van der Waals surface area contributed by atoms with E-state index in [0.29, 0.717) is 17.8 Å². The lowest BCUT2D eigenvalue weighted by atomic mass is 9.68. The molecule has 2 aliphatic carbocycles. The average Bonchev–Trinajstić information content (AvgIpc) is 3.62. The molecule has 57 heavy (non-hydrogen) atoms. The first-order valence-corrected chi connectivity index (χ1v) is 23.2. The molecule has 3 atom stereocenters. The van der Waals surface area contributed by atoms with Gasteiger partial charge in [0.25, 0.3) is 0 Å². The van der Waals surface area contributed by atoms with Gasteiger partial charge in [-0.15, -0.1) is 0 Å². The summed E-state index contributed by atoms with van der Waals surface area (Å²) < 4.78 is 6.37. The molecule has 3 unspecified atom stereocenters. The molecule has 312 valence electrons. The van der Waals surface area contributed by atoms with Crippen LogP contribution in [-0.4, -0.2) is 0 Å². The Labute approximate surface area is 351 Å². The molecule has 0 aliphatic heterocycles. The van der Waals surface area contributed by atoms with Gasteiger partial charge in [0, 0.05) is 16.7 Å². The Balaban J connectivity index is 0.000000352. The quantitative estimate of drug-likeness (QED) is 0.161. The largest absolute Gasteiger partial charge is 0.456 e. The van der Waals surface area contributed by atoms with Crippen molar-refractivity contribution in [2.45, 2.75) is 173 Å². The fraction of sp³-hybridized carbons (Fsp3) is 0.500. The van der Waals surface area contributed by atoms with Crippen LogP contribution in [0, 0.1) is 32.6 Å². The maximum Gasteiger partial charge on any atom is 0.138 e. The molecular weight excluding hydrogens is 689 g/mol. The second kappa shape index (κ2) is 27.0. The van der Waals surface area contributed by atoms with Crippen LogP contribution in [0.1, 0.15) is 180 Å². The highest BCUT2D eigenvalue weighted by Gasteiger charge is 2.32. The van der Waals surface area contributed by atoms with Crippen LogP contribution in [0.4, 0.5) is 0 Å². The van der Waals surface area contributed by atoms with Gasteiger partial charge in [0.15, 0.2) is 0 Å². The predicted octanol–water partition coefficient (Wildman–Crippen LogP) is 18.8. The first-order chi connectivity index (χ1) is 27.7. The summed E-state index contributed by atoms with van der Waals surface area (Å²) in [4.78, 5) is 0. The Kier molecular flexibility index (Phi) is 23.3. The highest BCUT2D eigenvalue weighted by atomic mass is 16.3. The van der Waals surface area contributed by atoms with Crippen LogP contribution in [0.2, 0.25) is 0 Å². The molecule has 1 aromatic heterocycles. The maximum atomic E-state index is 6.37. The molecule has 0 amide bonds. The van der Waals surface area contributed by atoms with Gasteiger partial charge < -0.3 is 4.42 Å². The summed E-state index contributed by atoms with van der Waals surface area (Å²) in [7, 11) is 0. The molecule has 1 heterocycles. The number of allylic oxidation sites excluding steroid dienone is 4. The third-order valence-corrected chi connectivity index (χ3v) is 11.1. The van der Waals surface area contributed by atoms with Crippen LogP contribution >= 0.6 is 0 Å². The molecule has 5 aromatic rings. The standard InChI is InChI=1S/C29H34O.C17H20.2C3H8.2C2H6/c1-4-10-23-22(21-12-6-5-7-13-21)14-9-15-24(23)26-18-28-27(17-20(26)3)25-16-8-11-19(2)29(25)30-28;1-4-13(2)15-10-7-8-12-17(15)16-11-6-5-9-14(16)3;2*1-3-2;2*1-2/h8-9,11,14-18,21,23-24H,4-7,10,12-13H2,1-3H3;5-13H,4H2,1-3H3;2*3H2,1-2H3;2*1-2H3. The van der Waals surface area contributed by atoms with Gasteiger partial charge in [0.1, 0.15) is 11.2 Å². The van der Waals surface area contributed by atoms with Crippen LogP contribution in [0.3, 0.4) is 0 Å². The molecule has 0 spiro atoms. The highest BCUT2D eigenvalue weighted by Crippen LogP contribution is 2.46. The van der Waals surface area contributed by atoms with E-state index in [-0.39, 0.29) is 0 Å². The van der Waals surface area contributed by atoms with E-state index in [2.05, 4.69) is 166 Å². The molecule has 1 heteroatoms. The lowest BCUT2D eigenvalue weighted by molar-refractivity contribution is 0.349. The number of furan rings is 1. The number of rotatable bonds is 7. The summed E-state index contributed by atoms with van der Waals surface area (Å²) in [5.41, 5.74) is 13.4. The first kappa shape index (κ1) is 49.3. The van der Waals surface area contributed by atoms with Gasteiger partial charge in [0.05, 0.1) is 0 Å². The van der Waals surface area contributed by atoms with Crippen molar-refractivity contribution in [2.24, 2.45) is 11.8 Å². The summed E-state index contributed by atoms with van der Waals surface area (Å²) in [6.07, 6.45) is 20.4. The molecule has 4 aromatic carbocycles. The molecule has 1 fully saturated rings. The summed E-state index contributed by atoms with van der Waals surface area (Å²) >= 11 is 0. The predicted molar refractivity (Wildman–Crippen MR) is 258 cm³/mol. The van der Waals surface area contributed by atoms with Crippen LogP contribution in [0.25, 0.3) is 33.1 Å². The molecule has 0 bridgehead atoms. The van der Waals surface area contributed by atoms with Crippen molar-refractivity contribution in [2.75, 3.05) is 0 Å². The van der Waals surface area contributed by atoms with Crippen molar-refractivity contribution < 1.29 is 4.42 Å². The van der Waals surface area contributed by atoms with Crippen LogP contribution in [0.15, 0.2) is 107 Å². The Bertz CT molecular complexity index is 1910. The number of aryl methyl sites for hydroxylation is 3. The third-order valence-electron chi connectivity index (χ3n) is 11.1. The van der Waals surface area contributed by atoms with Crippen molar-refractivity contribution in [3.05, 3.63) is 130 Å². The van der Waals surface area contributed by atoms with Crippen molar-refractivity contribution >= 4 is 21.9 Å². The molecule has 1 saturated carbocycles. The fourth-order valence-electron chi connectivity index (χ4n) is 8.34. The zero-order valence-corrected chi connectivity index (χ0v) is 39.0. The molecule has 7 rings (SSSR count). The van der Waals surface area contributed by atoms with Crippen molar-refractivity contribution in [3.63, 3.8) is 0 Å². The topological polar surface area (TPSA) is 13.1 Å². The van der Waals surface area contributed by atoms with E-state index in [0.717, 1.165) is 17.1 Å². The summed E-state index contributed by atoms with van der Waals surface area (Å²) in [6.45, 7) is 30.0. The van der Waals surface area contributed by atoms with Crippen molar-refractivity contribution in [1.29, 1.82) is 0 Å². The van der Waals surface area contributed by atoms with Crippen LogP contribution in [-0.2, 0) is 0 Å². The van der Waals surface area contributed by atoms with Gasteiger partial charge in [-0.3, -0.25) is 0 Å². The number of fused-ring (bicyclic) bond motifs is 3. The molecule has 1 nitrogen and oxygen atoms in total. The Hall–Kier alpha value is -3.84. The molecule has 0 saturated heterocycles.